The van der Waals surface area contributed by atoms with Crippen molar-refractivity contribution in [3.8, 4) is 6.07 Å². The average molecular weight is 202 g/mol. The minimum absolute atomic E-state index is 0.394. The zero-order chi connectivity index (χ0) is 10.9. The van der Waals surface area contributed by atoms with E-state index in [1.54, 1.807) is 12.1 Å². The summed E-state index contributed by atoms with van der Waals surface area (Å²) < 4.78 is 4.56. The third kappa shape index (κ3) is 1.57. The van der Waals surface area contributed by atoms with Crippen LogP contribution >= 0.6 is 0 Å². The summed E-state index contributed by atoms with van der Waals surface area (Å²) in [6.07, 6.45) is 3.17. The standard InChI is InChI=1S/C11H10N2O2/c1-15-10(14)8-2-3-9(13-6-8)11(7-12)4-5-11/h2-3,6H,4-5H2,1H3. The Morgan fingerprint density at radius 1 is 1.60 bits per heavy atom. The third-order valence-electron chi connectivity index (χ3n) is 2.64. The maximum atomic E-state index is 11.1. The van der Waals surface area contributed by atoms with Crippen LogP contribution in [-0.2, 0) is 10.2 Å². The molecule has 4 heteroatoms. The number of nitriles is 1. The summed E-state index contributed by atoms with van der Waals surface area (Å²) in [6.45, 7) is 0. The van der Waals surface area contributed by atoms with Crippen LogP contribution in [0, 0.1) is 11.3 Å². The van der Waals surface area contributed by atoms with Crippen LogP contribution in [-0.4, -0.2) is 18.1 Å². The predicted molar refractivity (Wildman–Crippen MR) is 52.1 cm³/mol. The van der Waals surface area contributed by atoms with Crippen LogP contribution in [0.2, 0.25) is 0 Å². The molecule has 1 aromatic heterocycles. The van der Waals surface area contributed by atoms with Crippen molar-refractivity contribution in [2.24, 2.45) is 0 Å². The number of hydrogen-bond donors (Lipinski definition) is 0. The zero-order valence-corrected chi connectivity index (χ0v) is 8.36. The molecule has 0 aromatic carbocycles. The normalized spacial score (nSPS) is 16.5. The molecule has 4 nitrogen and oxygen atoms in total. The number of carbonyl (C=O) groups is 1. The van der Waals surface area contributed by atoms with Crippen molar-refractivity contribution >= 4 is 5.97 Å². The minimum Gasteiger partial charge on any atom is -0.465 e. The molecule has 1 heterocycles. The van der Waals surface area contributed by atoms with E-state index >= 15 is 0 Å². The molecule has 15 heavy (non-hydrogen) atoms. The Morgan fingerprint density at radius 2 is 2.33 bits per heavy atom. The van der Waals surface area contributed by atoms with Crippen molar-refractivity contribution in [2.75, 3.05) is 7.11 Å². The molecule has 1 saturated carbocycles. The highest BCUT2D eigenvalue weighted by atomic mass is 16.5. The van der Waals surface area contributed by atoms with E-state index in [1.165, 1.54) is 13.3 Å². The lowest BCUT2D eigenvalue weighted by atomic mass is 10.0. The van der Waals surface area contributed by atoms with Gasteiger partial charge in [0.1, 0.15) is 0 Å². The number of hydrogen-bond acceptors (Lipinski definition) is 4. The van der Waals surface area contributed by atoms with E-state index in [1.807, 2.05) is 0 Å². The van der Waals surface area contributed by atoms with E-state index in [0.29, 0.717) is 5.56 Å². The second kappa shape index (κ2) is 3.35. The molecule has 0 radical (unpaired) electrons. The fourth-order valence-corrected chi connectivity index (χ4v) is 1.47. The number of ether oxygens (including phenoxy) is 1. The number of methoxy groups -OCH3 is 1. The lowest BCUT2D eigenvalue weighted by Gasteiger charge is -2.05. The van der Waals surface area contributed by atoms with Gasteiger partial charge in [0.05, 0.1) is 29.9 Å². The summed E-state index contributed by atoms with van der Waals surface area (Å²) in [6, 6.07) is 5.62. The molecule has 76 valence electrons. The van der Waals surface area contributed by atoms with Crippen molar-refractivity contribution in [2.45, 2.75) is 18.3 Å². The lowest BCUT2D eigenvalue weighted by molar-refractivity contribution is 0.0600. The summed E-state index contributed by atoms with van der Waals surface area (Å²) >= 11 is 0. The topological polar surface area (TPSA) is 63.0 Å². The number of esters is 1. The molecule has 0 N–H and O–H groups in total. The quantitative estimate of drug-likeness (QED) is 0.680. The first kappa shape index (κ1) is 9.66. The van der Waals surface area contributed by atoms with Gasteiger partial charge in [0.15, 0.2) is 0 Å². The molecule has 1 fully saturated rings. The van der Waals surface area contributed by atoms with Gasteiger partial charge in [-0.05, 0) is 25.0 Å². The van der Waals surface area contributed by atoms with Crippen LogP contribution in [0.25, 0.3) is 0 Å². The molecule has 0 unspecified atom stereocenters. The number of carbonyl (C=O) groups excluding carboxylic acids is 1. The van der Waals surface area contributed by atoms with Gasteiger partial charge in [-0.15, -0.1) is 0 Å². The van der Waals surface area contributed by atoms with Gasteiger partial charge in [-0.25, -0.2) is 4.79 Å². The van der Waals surface area contributed by atoms with E-state index in [4.69, 9.17) is 5.26 Å². The van der Waals surface area contributed by atoms with E-state index in [2.05, 4.69) is 15.8 Å². The number of aromatic nitrogens is 1. The van der Waals surface area contributed by atoms with Gasteiger partial charge in [0.25, 0.3) is 0 Å². The number of nitrogens with zero attached hydrogens (tertiary/aromatic N) is 2. The predicted octanol–water partition coefficient (Wildman–Crippen LogP) is 1.42. The van der Waals surface area contributed by atoms with Crippen molar-refractivity contribution in [3.63, 3.8) is 0 Å². The SMILES string of the molecule is COC(=O)c1ccc(C2(C#N)CC2)nc1. The average Bonchev–Trinajstić information content (AvgIpc) is 3.09. The van der Waals surface area contributed by atoms with Crippen LogP contribution < -0.4 is 0 Å². The van der Waals surface area contributed by atoms with Crippen molar-refractivity contribution in [3.05, 3.63) is 29.6 Å². The Kier molecular flexibility index (Phi) is 2.16. The van der Waals surface area contributed by atoms with E-state index < -0.39 is 11.4 Å². The van der Waals surface area contributed by atoms with Crippen LogP contribution in [0.1, 0.15) is 28.9 Å². The number of pyridine rings is 1. The number of rotatable bonds is 2. The summed E-state index contributed by atoms with van der Waals surface area (Å²) in [4.78, 5) is 15.3. The van der Waals surface area contributed by atoms with E-state index in [0.717, 1.165) is 18.5 Å². The molecule has 1 aliphatic rings. The molecule has 0 aliphatic heterocycles. The molecular weight excluding hydrogens is 192 g/mol. The zero-order valence-electron chi connectivity index (χ0n) is 8.36. The van der Waals surface area contributed by atoms with Gasteiger partial charge in [-0.1, -0.05) is 0 Å². The monoisotopic (exact) mass is 202 g/mol. The Bertz CT molecular complexity index is 427. The van der Waals surface area contributed by atoms with Crippen molar-refractivity contribution in [1.82, 2.24) is 4.98 Å². The van der Waals surface area contributed by atoms with Crippen LogP contribution in [0.3, 0.4) is 0 Å². The first-order valence-electron chi connectivity index (χ1n) is 4.68. The summed E-state index contributed by atoms with van der Waals surface area (Å²) in [5.74, 6) is -0.407. The Morgan fingerprint density at radius 3 is 2.73 bits per heavy atom. The molecule has 1 aromatic rings. The molecule has 0 spiro atoms. The molecule has 2 rings (SSSR count). The van der Waals surface area contributed by atoms with Gasteiger partial charge in [0.2, 0.25) is 0 Å². The third-order valence-corrected chi connectivity index (χ3v) is 2.64. The molecule has 0 saturated heterocycles. The molecular formula is C11H10N2O2. The summed E-state index contributed by atoms with van der Waals surface area (Å²) in [5, 5.41) is 8.95. The van der Waals surface area contributed by atoms with Gasteiger partial charge in [-0.2, -0.15) is 5.26 Å². The highest BCUT2D eigenvalue weighted by Gasteiger charge is 2.46. The molecule has 0 atom stereocenters. The van der Waals surface area contributed by atoms with Crippen LogP contribution in [0.4, 0.5) is 0 Å². The highest BCUT2D eigenvalue weighted by Crippen LogP contribution is 2.46. The van der Waals surface area contributed by atoms with Gasteiger partial charge in [0, 0.05) is 6.20 Å². The highest BCUT2D eigenvalue weighted by molar-refractivity contribution is 5.88. The van der Waals surface area contributed by atoms with Crippen molar-refractivity contribution in [1.29, 1.82) is 5.26 Å². The van der Waals surface area contributed by atoms with E-state index in [9.17, 15) is 4.79 Å². The van der Waals surface area contributed by atoms with Gasteiger partial charge in [-0.3, -0.25) is 4.98 Å². The lowest BCUT2D eigenvalue weighted by Crippen LogP contribution is -2.08. The van der Waals surface area contributed by atoms with Gasteiger partial charge >= 0.3 is 5.97 Å². The maximum absolute atomic E-state index is 11.1. The van der Waals surface area contributed by atoms with Gasteiger partial charge < -0.3 is 4.74 Å². The first-order chi connectivity index (χ1) is 7.22. The molecule has 0 bridgehead atoms. The molecule has 1 aliphatic carbocycles. The van der Waals surface area contributed by atoms with E-state index in [-0.39, 0.29) is 0 Å². The minimum atomic E-state index is -0.407. The van der Waals surface area contributed by atoms with Crippen LogP contribution in [0.5, 0.6) is 0 Å². The van der Waals surface area contributed by atoms with Crippen molar-refractivity contribution < 1.29 is 9.53 Å². The maximum Gasteiger partial charge on any atom is 0.339 e. The summed E-state index contributed by atoms with van der Waals surface area (Å²) in [5.41, 5.74) is 0.766. The first-order valence-corrected chi connectivity index (χ1v) is 4.68. The van der Waals surface area contributed by atoms with Crippen LogP contribution in [0.15, 0.2) is 18.3 Å². The second-order valence-electron chi connectivity index (χ2n) is 3.62. The fourth-order valence-electron chi connectivity index (χ4n) is 1.47. The second-order valence-corrected chi connectivity index (χ2v) is 3.62. The Hall–Kier alpha value is -1.89. The fraction of sp³-hybridized carbons (Fsp3) is 0.364. The Balaban J connectivity index is 2.26. The smallest absolute Gasteiger partial charge is 0.339 e. The largest absolute Gasteiger partial charge is 0.465 e. The molecule has 0 amide bonds. The summed E-state index contributed by atoms with van der Waals surface area (Å²) in [7, 11) is 1.33. The Labute approximate surface area is 87.5 Å².